The Morgan fingerprint density at radius 2 is 2.38 bits per heavy atom. The van der Waals surface area contributed by atoms with Crippen LogP contribution in [0.25, 0.3) is 0 Å². The molecule has 0 amide bonds. The molecular weight excluding hydrogens is 245 g/mol. The maximum absolute atomic E-state index is 13.2. The van der Waals surface area contributed by atoms with Gasteiger partial charge in [-0.05, 0) is 41.9 Å². The first-order valence-corrected chi connectivity index (χ1v) is 6.98. The van der Waals surface area contributed by atoms with E-state index in [4.69, 9.17) is 17.3 Å². The molecule has 1 fully saturated rings. The summed E-state index contributed by atoms with van der Waals surface area (Å²) in [6.45, 7) is 0. The number of nitrogens with two attached hydrogens (primary N) is 1. The Morgan fingerprint density at radius 3 is 3.06 bits per heavy atom. The Balaban J connectivity index is 2.05. The first-order chi connectivity index (χ1) is 7.68. The van der Waals surface area contributed by atoms with Crippen LogP contribution in [0.15, 0.2) is 18.2 Å². The largest absolute Gasteiger partial charge is 0.327 e. The second kappa shape index (κ2) is 5.39. The molecule has 0 saturated carbocycles. The van der Waals surface area contributed by atoms with Crippen molar-refractivity contribution in [2.75, 3.05) is 11.5 Å². The molecule has 0 radical (unpaired) electrons. The molecule has 2 N–H and O–H groups in total. The van der Waals surface area contributed by atoms with E-state index >= 15 is 0 Å². The number of thioether (sulfide) groups is 1. The summed E-state index contributed by atoms with van der Waals surface area (Å²) < 4.78 is 13.2. The molecule has 2 unspecified atom stereocenters. The predicted molar refractivity (Wildman–Crippen MR) is 68.5 cm³/mol. The fraction of sp³-hybridized carbons (Fsp3) is 0.500. The Labute approximate surface area is 105 Å². The fourth-order valence-electron chi connectivity index (χ4n) is 2.02. The van der Waals surface area contributed by atoms with Crippen molar-refractivity contribution in [2.24, 2.45) is 11.7 Å². The van der Waals surface area contributed by atoms with E-state index in [0.717, 1.165) is 11.3 Å². The first-order valence-electron chi connectivity index (χ1n) is 5.44. The van der Waals surface area contributed by atoms with Crippen molar-refractivity contribution >= 4 is 23.4 Å². The van der Waals surface area contributed by atoms with Crippen LogP contribution in [0.3, 0.4) is 0 Å². The summed E-state index contributed by atoms with van der Waals surface area (Å²) in [5.74, 6) is 2.50. The van der Waals surface area contributed by atoms with Crippen molar-refractivity contribution in [3.8, 4) is 0 Å². The number of benzene rings is 1. The third kappa shape index (κ3) is 2.70. The zero-order valence-corrected chi connectivity index (χ0v) is 10.5. The molecule has 4 heteroatoms. The van der Waals surface area contributed by atoms with Crippen LogP contribution in [-0.4, -0.2) is 17.5 Å². The topological polar surface area (TPSA) is 26.0 Å². The van der Waals surface area contributed by atoms with E-state index < -0.39 is 0 Å². The maximum atomic E-state index is 13.2. The van der Waals surface area contributed by atoms with Crippen LogP contribution in [0.4, 0.5) is 4.39 Å². The lowest BCUT2D eigenvalue weighted by atomic mass is 9.94. The molecule has 1 aliphatic rings. The third-order valence-corrected chi connectivity index (χ3v) is 4.67. The van der Waals surface area contributed by atoms with Crippen molar-refractivity contribution in [1.29, 1.82) is 0 Å². The summed E-state index contributed by atoms with van der Waals surface area (Å²) in [6.07, 6.45) is 1.83. The van der Waals surface area contributed by atoms with E-state index in [2.05, 4.69) is 0 Å². The molecular formula is C12H15ClFNS. The molecule has 1 aromatic carbocycles. The highest BCUT2D eigenvalue weighted by atomic mass is 35.5. The van der Waals surface area contributed by atoms with Gasteiger partial charge in [-0.25, -0.2) is 4.39 Å². The van der Waals surface area contributed by atoms with Crippen LogP contribution < -0.4 is 5.73 Å². The lowest BCUT2D eigenvalue weighted by Crippen LogP contribution is -2.32. The van der Waals surface area contributed by atoms with E-state index in [1.807, 2.05) is 17.8 Å². The molecule has 1 heterocycles. The minimum absolute atomic E-state index is 0.0919. The van der Waals surface area contributed by atoms with Crippen molar-refractivity contribution in [2.45, 2.75) is 18.9 Å². The van der Waals surface area contributed by atoms with E-state index in [0.29, 0.717) is 12.3 Å². The summed E-state index contributed by atoms with van der Waals surface area (Å²) in [6, 6.07) is 5.01. The molecule has 1 aliphatic heterocycles. The van der Waals surface area contributed by atoms with Gasteiger partial charge in [0.25, 0.3) is 0 Å². The molecule has 0 aliphatic carbocycles. The molecule has 2 atom stereocenters. The second-order valence-corrected chi connectivity index (χ2v) is 5.73. The SMILES string of the molecule is NC(Cc1cccc(F)c1Cl)C1CCSC1. The molecule has 16 heavy (non-hydrogen) atoms. The highest BCUT2D eigenvalue weighted by molar-refractivity contribution is 7.99. The normalized spacial score (nSPS) is 22.3. The Kier molecular flexibility index (Phi) is 4.11. The van der Waals surface area contributed by atoms with Crippen LogP contribution in [0.5, 0.6) is 0 Å². The summed E-state index contributed by atoms with van der Waals surface area (Å²) >= 11 is 7.85. The minimum Gasteiger partial charge on any atom is -0.327 e. The van der Waals surface area contributed by atoms with Crippen molar-refractivity contribution in [3.63, 3.8) is 0 Å². The van der Waals surface area contributed by atoms with Gasteiger partial charge in [0.2, 0.25) is 0 Å². The average Bonchev–Trinajstić information content (AvgIpc) is 2.78. The molecule has 1 saturated heterocycles. The van der Waals surface area contributed by atoms with Crippen LogP contribution in [0.2, 0.25) is 5.02 Å². The standard InChI is InChI=1S/C12H15ClFNS/c13-12-8(2-1-3-10(12)14)6-11(15)9-4-5-16-7-9/h1-3,9,11H,4-7,15H2. The second-order valence-electron chi connectivity index (χ2n) is 4.20. The summed E-state index contributed by atoms with van der Waals surface area (Å²) in [4.78, 5) is 0. The fourth-order valence-corrected chi connectivity index (χ4v) is 3.57. The number of hydrogen-bond acceptors (Lipinski definition) is 2. The molecule has 0 aromatic heterocycles. The van der Waals surface area contributed by atoms with Gasteiger partial charge >= 0.3 is 0 Å². The van der Waals surface area contributed by atoms with Crippen molar-refractivity contribution in [3.05, 3.63) is 34.6 Å². The monoisotopic (exact) mass is 259 g/mol. The Hall–Kier alpha value is -0.250. The zero-order valence-electron chi connectivity index (χ0n) is 8.96. The Bertz CT molecular complexity index is 366. The van der Waals surface area contributed by atoms with Gasteiger partial charge in [-0.2, -0.15) is 11.8 Å². The van der Waals surface area contributed by atoms with Gasteiger partial charge in [0.1, 0.15) is 5.82 Å². The lowest BCUT2D eigenvalue weighted by molar-refractivity contribution is 0.462. The van der Waals surface area contributed by atoms with Gasteiger partial charge in [-0.15, -0.1) is 0 Å². The predicted octanol–water partition coefficient (Wildman–Crippen LogP) is 3.10. The molecule has 0 spiro atoms. The number of rotatable bonds is 3. The highest BCUT2D eigenvalue weighted by Gasteiger charge is 2.23. The molecule has 1 aromatic rings. The van der Waals surface area contributed by atoms with Gasteiger partial charge in [0, 0.05) is 6.04 Å². The molecule has 1 nitrogen and oxygen atoms in total. The van der Waals surface area contributed by atoms with Crippen LogP contribution in [0.1, 0.15) is 12.0 Å². The van der Waals surface area contributed by atoms with Crippen LogP contribution in [-0.2, 0) is 6.42 Å². The van der Waals surface area contributed by atoms with Crippen LogP contribution in [0, 0.1) is 11.7 Å². The quantitative estimate of drug-likeness (QED) is 0.903. The van der Waals surface area contributed by atoms with E-state index in [1.54, 1.807) is 6.07 Å². The lowest BCUT2D eigenvalue weighted by Gasteiger charge is -2.18. The highest BCUT2D eigenvalue weighted by Crippen LogP contribution is 2.28. The molecule has 88 valence electrons. The first kappa shape index (κ1) is 12.2. The molecule has 2 rings (SSSR count). The summed E-state index contributed by atoms with van der Waals surface area (Å²) in [5.41, 5.74) is 6.96. The van der Waals surface area contributed by atoms with Gasteiger partial charge in [-0.3, -0.25) is 0 Å². The van der Waals surface area contributed by atoms with Crippen LogP contribution >= 0.6 is 23.4 Å². The van der Waals surface area contributed by atoms with Gasteiger partial charge in [0.05, 0.1) is 5.02 Å². The molecule has 0 bridgehead atoms. The average molecular weight is 260 g/mol. The van der Waals surface area contributed by atoms with Gasteiger partial charge in [0.15, 0.2) is 0 Å². The maximum Gasteiger partial charge on any atom is 0.142 e. The van der Waals surface area contributed by atoms with Crippen molar-refractivity contribution in [1.82, 2.24) is 0 Å². The minimum atomic E-state index is -0.354. The zero-order chi connectivity index (χ0) is 11.5. The van der Waals surface area contributed by atoms with Gasteiger partial charge in [-0.1, -0.05) is 23.7 Å². The summed E-state index contributed by atoms with van der Waals surface area (Å²) in [7, 11) is 0. The third-order valence-electron chi connectivity index (χ3n) is 3.06. The Morgan fingerprint density at radius 1 is 1.56 bits per heavy atom. The van der Waals surface area contributed by atoms with Crippen molar-refractivity contribution < 1.29 is 4.39 Å². The number of hydrogen-bond donors (Lipinski definition) is 1. The number of halogens is 2. The van der Waals surface area contributed by atoms with E-state index in [-0.39, 0.29) is 16.9 Å². The van der Waals surface area contributed by atoms with Gasteiger partial charge < -0.3 is 5.73 Å². The smallest absolute Gasteiger partial charge is 0.142 e. The summed E-state index contributed by atoms with van der Waals surface area (Å²) in [5, 5.41) is 0.226. The van der Waals surface area contributed by atoms with E-state index in [9.17, 15) is 4.39 Å². The van der Waals surface area contributed by atoms with E-state index in [1.165, 1.54) is 18.2 Å².